The van der Waals surface area contributed by atoms with Gasteiger partial charge in [-0.2, -0.15) is 0 Å². The number of rotatable bonds is 5. The van der Waals surface area contributed by atoms with Crippen LogP contribution < -0.4 is 10.6 Å². The molecule has 4 amide bonds. The first-order valence-electron chi connectivity index (χ1n) is 11.3. The number of aliphatic hydroxyl groups is 6. The zero-order valence-corrected chi connectivity index (χ0v) is 18.9. The van der Waals surface area contributed by atoms with Gasteiger partial charge in [0.1, 0.15) is 28.9 Å². The van der Waals surface area contributed by atoms with Crippen LogP contribution in [0.4, 0.5) is 0 Å². The van der Waals surface area contributed by atoms with Crippen molar-refractivity contribution < 1.29 is 49.8 Å². The molecule has 15 heteroatoms. The normalized spacial score (nSPS) is 32.8. The largest absolute Gasteiger partial charge is 0.389 e. The number of nitrogens with zero attached hydrogens (tertiary/aromatic N) is 2. The molecule has 1 spiro atoms. The Kier molecular flexibility index (Phi) is 6.10. The van der Waals surface area contributed by atoms with Gasteiger partial charge < -0.3 is 40.9 Å². The fraction of sp³-hybridized carbons (Fsp3) is 0.750. The van der Waals surface area contributed by atoms with E-state index in [0.29, 0.717) is 13.7 Å². The lowest BCUT2D eigenvalue weighted by Gasteiger charge is -2.68. The van der Waals surface area contributed by atoms with Crippen LogP contribution in [0.1, 0.15) is 39.0 Å². The average Bonchev–Trinajstić information content (AvgIpc) is 3.41. The molecular formula is C20H28BN4O10. The SMILES string of the molecule is CC1(O)CC=NC(C(=O)N2CCCC2C(=O)NC(=O)C(O)C(=O)NC2CC2)C12C(O)(O)[B]C2(O)O. The van der Waals surface area contributed by atoms with Crippen LogP contribution in [0.5, 0.6) is 0 Å². The molecule has 4 unspecified atom stereocenters. The third-order valence-corrected chi connectivity index (χ3v) is 7.31. The van der Waals surface area contributed by atoms with Gasteiger partial charge in [-0.05, 0) is 32.6 Å². The number of likely N-dealkylation sites (tertiary alicyclic amines) is 1. The van der Waals surface area contributed by atoms with Gasteiger partial charge in [-0.25, -0.2) is 0 Å². The van der Waals surface area contributed by atoms with Crippen LogP contribution in [0.15, 0.2) is 4.99 Å². The predicted octanol–water partition coefficient (Wildman–Crippen LogP) is -5.17. The lowest BCUT2D eigenvalue weighted by atomic mass is 9.26. The number of carbonyl (C=O) groups excluding carboxylic acids is 4. The van der Waals surface area contributed by atoms with E-state index in [2.05, 4.69) is 10.3 Å². The molecule has 3 aliphatic heterocycles. The second-order valence-electron chi connectivity index (χ2n) is 9.85. The van der Waals surface area contributed by atoms with E-state index >= 15 is 0 Å². The van der Waals surface area contributed by atoms with E-state index in [0.717, 1.165) is 30.9 Å². The van der Waals surface area contributed by atoms with Crippen LogP contribution in [0.2, 0.25) is 0 Å². The summed E-state index contributed by atoms with van der Waals surface area (Å²) in [7, 11) is 0.358. The van der Waals surface area contributed by atoms with E-state index in [1.54, 1.807) is 0 Å². The van der Waals surface area contributed by atoms with E-state index in [4.69, 9.17) is 0 Å². The summed E-state index contributed by atoms with van der Waals surface area (Å²) in [5.74, 6) is -4.22. The van der Waals surface area contributed by atoms with Crippen molar-refractivity contribution in [3.05, 3.63) is 0 Å². The van der Waals surface area contributed by atoms with Gasteiger partial charge in [0.05, 0.1) is 5.60 Å². The van der Waals surface area contributed by atoms with Gasteiger partial charge in [-0.15, -0.1) is 0 Å². The molecule has 2 saturated heterocycles. The number of carbonyl (C=O) groups is 4. The second kappa shape index (κ2) is 8.32. The fourth-order valence-electron chi connectivity index (χ4n) is 5.41. The number of nitrogens with one attached hydrogen (secondary N) is 2. The van der Waals surface area contributed by atoms with Gasteiger partial charge in [-0.3, -0.25) is 29.5 Å². The van der Waals surface area contributed by atoms with Gasteiger partial charge in [0.25, 0.3) is 19.1 Å². The Bertz CT molecular complexity index is 965. The Morgan fingerprint density at radius 1 is 1.06 bits per heavy atom. The molecule has 3 fully saturated rings. The molecule has 8 N–H and O–H groups in total. The summed E-state index contributed by atoms with van der Waals surface area (Å²) in [5.41, 5.74) is -10.9. The van der Waals surface area contributed by atoms with E-state index in [-0.39, 0.29) is 25.4 Å². The topological polar surface area (TPSA) is 229 Å². The van der Waals surface area contributed by atoms with E-state index < -0.39 is 64.2 Å². The van der Waals surface area contributed by atoms with Crippen molar-refractivity contribution in [2.24, 2.45) is 10.4 Å². The molecule has 0 aromatic carbocycles. The van der Waals surface area contributed by atoms with Gasteiger partial charge in [0.2, 0.25) is 17.9 Å². The Morgan fingerprint density at radius 3 is 2.26 bits per heavy atom. The van der Waals surface area contributed by atoms with Crippen molar-refractivity contribution in [2.45, 2.75) is 80.2 Å². The summed E-state index contributed by atoms with van der Waals surface area (Å²) in [5, 5.41) is 67.1. The zero-order valence-electron chi connectivity index (χ0n) is 18.9. The summed E-state index contributed by atoms with van der Waals surface area (Å²) in [6.07, 6.45) is 0.526. The second-order valence-corrected chi connectivity index (χ2v) is 9.85. The number of aliphatic imine (C=N–C) groups is 1. The molecule has 1 aliphatic carbocycles. The lowest BCUT2D eigenvalue weighted by molar-refractivity contribution is -0.382. The lowest BCUT2D eigenvalue weighted by Crippen LogP contribution is -2.91. The molecule has 0 aromatic heterocycles. The number of aliphatic hydroxyl groups excluding tert-OH is 1. The maximum absolute atomic E-state index is 13.5. The summed E-state index contributed by atoms with van der Waals surface area (Å²) in [6.45, 7) is 1.09. The van der Waals surface area contributed by atoms with Crippen molar-refractivity contribution >= 4 is 37.1 Å². The van der Waals surface area contributed by atoms with E-state index in [1.165, 1.54) is 0 Å². The smallest absolute Gasteiger partial charge is 0.272 e. The first-order valence-corrected chi connectivity index (χ1v) is 11.3. The Labute approximate surface area is 200 Å². The summed E-state index contributed by atoms with van der Waals surface area (Å²) in [6, 6.07) is -3.28. The van der Waals surface area contributed by atoms with Crippen molar-refractivity contribution in [3.8, 4) is 0 Å². The monoisotopic (exact) mass is 495 g/mol. The highest BCUT2D eigenvalue weighted by molar-refractivity contribution is 6.48. The van der Waals surface area contributed by atoms with Crippen LogP contribution in [0.25, 0.3) is 0 Å². The molecule has 4 aliphatic rings. The minimum absolute atomic E-state index is 0.0164. The molecule has 4 rings (SSSR count). The number of amides is 4. The third-order valence-electron chi connectivity index (χ3n) is 7.31. The molecule has 4 atom stereocenters. The number of imide groups is 1. The molecule has 1 saturated carbocycles. The Balaban J connectivity index is 1.53. The van der Waals surface area contributed by atoms with Gasteiger partial charge in [-0.1, -0.05) is 0 Å². The fourth-order valence-corrected chi connectivity index (χ4v) is 5.41. The highest BCUT2D eigenvalue weighted by Gasteiger charge is 2.84. The molecule has 14 nitrogen and oxygen atoms in total. The van der Waals surface area contributed by atoms with Crippen LogP contribution in [0.3, 0.4) is 0 Å². The molecule has 35 heavy (non-hydrogen) atoms. The van der Waals surface area contributed by atoms with Crippen LogP contribution >= 0.6 is 0 Å². The number of hydrogen-bond donors (Lipinski definition) is 8. The summed E-state index contributed by atoms with van der Waals surface area (Å²) in [4.78, 5) is 55.3. The summed E-state index contributed by atoms with van der Waals surface area (Å²) < 4.78 is 0. The molecule has 0 bridgehead atoms. The highest BCUT2D eigenvalue weighted by Crippen LogP contribution is 2.61. The van der Waals surface area contributed by atoms with Crippen molar-refractivity contribution in [1.29, 1.82) is 0 Å². The van der Waals surface area contributed by atoms with Crippen LogP contribution in [-0.4, -0.2) is 120 Å². The van der Waals surface area contributed by atoms with Crippen LogP contribution in [-0.2, 0) is 19.2 Å². The maximum atomic E-state index is 13.5. The van der Waals surface area contributed by atoms with E-state index in [1.807, 2.05) is 5.32 Å². The summed E-state index contributed by atoms with van der Waals surface area (Å²) >= 11 is 0. The van der Waals surface area contributed by atoms with E-state index in [9.17, 15) is 49.8 Å². The molecular weight excluding hydrogens is 467 g/mol. The molecule has 191 valence electrons. The minimum Gasteiger partial charge on any atom is -0.389 e. The molecule has 3 heterocycles. The third kappa shape index (κ3) is 3.86. The first kappa shape index (κ1) is 25.7. The van der Waals surface area contributed by atoms with Crippen LogP contribution in [0, 0.1) is 5.41 Å². The zero-order chi connectivity index (χ0) is 26.0. The molecule has 1 radical (unpaired) electrons. The Hall–Kier alpha value is -2.43. The molecule has 0 aromatic rings. The average molecular weight is 495 g/mol. The standard InChI is InChI=1S/C20H28BN4O10/c1-17(31)6-7-22-12(18(17)19(32,33)21-20(18,34)35)16(30)25-8-2-3-10(25)13(27)24-15(29)11(26)14(28)23-9-4-5-9/h7,9-12,26,31-35H,2-6,8H2,1H3,(H,23,28)(H,24,27,29). The maximum Gasteiger partial charge on any atom is 0.272 e. The van der Waals surface area contributed by atoms with Gasteiger partial charge in [0.15, 0.2) is 0 Å². The predicted molar refractivity (Wildman–Crippen MR) is 115 cm³/mol. The van der Waals surface area contributed by atoms with Crippen molar-refractivity contribution in [3.63, 3.8) is 0 Å². The Morgan fingerprint density at radius 2 is 1.69 bits per heavy atom. The van der Waals surface area contributed by atoms with Crippen molar-refractivity contribution in [2.75, 3.05) is 6.54 Å². The van der Waals surface area contributed by atoms with Crippen molar-refractivity contribution in [1.82, 2.24) is 15.5 Å². The van der Waals surface area contributed by atoms with Gasteiger partial charge in [0, 0.05) is 25.2 Å². The minimum atomic E-state index is -3.00. The van der Waals surface area contributed by atoms with Gasteiger partial charge >= 0.3 is 0 Å². The quantitative estimate of drug-likeness (QED) is 0.103. The number of hydrogen-bond acceptors (Lipinski definition) is 11. The highest BCUT2D eigenvalue weighted by atomic mass is 16.6. The first-order chi connectivity index (χ1) is 16.2.